The first kappa shape index (κ1) is 35.9. The summed E-state index contributed by atoms with van der Waals surface area (Å²) in [6, 6.07) is -0.898. The molecule has 0 saturated carbocycles. The fraction of sp³-hybridized carbons (Fsp3) is 0.889. The van der Waals surface area contributed by atoms with Crippen molar-refractivity contribution < 1.29 is 64.6 Å². The number of aliphatic hydroxyl groups is 8. The van der Waals surface area contributed by atoms with Gasteiger partial charge in [-0.1, -0.05) is 45.3 Å². The molecular formula is C27H49NO13. The molecule has 0 aromatic rings. The molecule has 0 aromatic carbocycles. The van der Waals surface area contributed by atoms with E-state index in [4.69, 9.17) is 18.9 Å². The molecule has 12 atom stereocenters. The number of rotatable bonds is 17. The lowest BCUT2D eigenvalue weighted by Crippen LogP contribution is -2.65. The Labute approximate surface area is 240 Å². The van der Waals surface area contributed by atoms with Gasteiger partial charge < -0.3 is 65.1 Å². The summed E-state index contributed by atoms with van der Waals surface area (Å²) < 4.78 is 22.1. The zero-order valence-electron chi connectivity index (χ0n) is 23.8. The molecule has 9 N–H and O–H groups in total. The summed E-state index contributed by atoms with van der Waals surface area (Å²) in [4.78, 5) is 12.4. The van der Waals surface area contributed by atoms with E-state index in [1.165, 1.54) is 0 Å². The molecule has 41 heavy (non-hydrogen) atoms. The van der Waals surface area contributed by atoms with E-state index in [9.17, 15) is 45.6 Å². The van der Waals surface area contributed by atoms with E-state index >= 15 is 0 Å². The van der Waals surface area contributed by atoms with Crippen molar-refractivity contribution in [3.63, 3.8) is 0 Å². The highest BCUT2D eigenvalue weighted by Crippen LogP contribution is 2.29. The molecule has 0 aliphatic carbocycles. The summed E-state index contributed by atoms with van der Waals surface area (Å²) in [6.07, 6.45) is -7.97. The van der Waals surface area contributed by atoms with Crippen molar-refractivity contribution in [1.82, 2.24) is 5.32 Å². The van der Waals surface area contributed by atoms with Crippen LogP contribution in [0.5, 0.6) is 0 Å². The van der Waals surface area contributed by atoms with E-state index in [2.05, 4.69) is 12.2 Å². The minimum Gasteiger partial charge on any atom is -0.394 e. The third kappa shape index (κ3) is 10.4. The number of ether oxygens (including phenoxy) is 4. The number of hydrogen-bond acceptors (Lipinski definition) is 13. The first-order chi connectivity index (χ1) is 19.6. The summed E-state index contributed by atoms with van der Waals surface area (Å²) in [5.41, 5.74) is 0. The molecule has 2 heterocycles. The Kier molecular flexibility index (Phi) is 16.1. The molecule has 0 spiro atoms. The number of hydrogen-bond donors (Lipinski definition) is 9. The van der Waals surface area contributed by atoms with Gasteiger partial charge in [0.2, 0.25) is 5.91 Å². The van der Waals surface area contributed by atoms with Gasteiger partial charge in [0.25, 0.3) is 0 Å². The lowest BCUT2D eigenvalue weighted by Gasteiger charge is -2.46. The van der Waals surface area contributed by atoms with Crippen LogP contribution in [0.25, 0.3) is 0 Å². The molecule has 0 bridgehead atoms. The van der Waals surface area contributed by atoms with Gasteiger partial charge in [-0.15, -0.1) is 0 Å². The van der Waals surface area contributed by atoms with Gasteiger partial charge in [0.1, 0.15) is 48.8 Å². The standard InChI is InChI=1S/C27H49NO13/c1-3-5-7-8-9-10-16(31)15(28-19(32)11-6-4-2)14-38-26-24(37)22(35)25(18(13-30)40-26)41-27-23(36)21(34)20(33)17(12-29)39-27/h9-10,15-18,20-27,29-31,33-37H,3-8,11-14H2,1-2H3,(H,28,32)/b10-9+. The van der Waals surface area contributed by atoms with Gasteiger partial charge in [-0.25, -0.2) is 0 Å². The molecular weight excluding hydrogens is 546 g/mol. The van der Waals surface area contributed by atoms with Gasteiger partial charge in [-0.3, -0.25) is 4.79 Å². The number of carbonyl (C=O) groups is 1. The fourth-order valence-corrected chi connectivity index (χ4v) is 4.62. The van der Waals surface area contributed by atoms with Crippen LogP contribution in [-0.4, -0.2) is 140 Å². The summed E-state index contributed by atoms with van der Waals surface area (Å²) in [7, 11) is 0. The SMILES string of the molecule is CCCCC/C=C/C(O)C(COC1OC(CO)C(OC2OC(CO)C(O)C(O)C2O)C(O)C1O)NC(=O)CCCC. The summed E-state index contributed by atoms with van der Waals surface area (Å²) >= 11 is 0. The predicted octanol–water partition coefficient (Wildman–Crippen LogP) is -2.20. The molecule has 14 nitrogen and oxygen atoms in total. The second kappa shape index (κ2) is 18.4. The predicted molar refractivity (Wildman–Crippen MR) is 143 cm³/mol. The lowest BCUT2D eigenvalue weighted by molar-refractivity contribution is -0.359. The molecule has 0 radical (unpaired) electrons. The van der Waals surface area contributed by atoms with Crippen LogP contribution >= 0.6 is 0 Å². The maximum Gasteiger partial charge on any atom is 0.220 e. The van der Waals surface area contributed by atoms with Crippen LogP contribution in [0.15, 0.2) is 12.2 Å². The minimum absolute atomic E-state index is 0.255. The molecule has 2 fully saturated rings. The van der Waals surface area contributed by atoms with E-state index in [1.54, 1.807) is 6.08 Å². The van der Waals surface area contributed by atoms with Crippen LogP contribution in [0.2, 0.25) is 0 Å². The zero-order valence-corrected chi connectivity index (χ0v) is 23.8. The monoisotopic (exact) mass is 595 g/mol. The zero-order chi connectivity index (χ0) is 30.5. The smallest absolute Gasteiger partial charge is 0.220 e. The van der Waals surface area contributed by atoms with Crippen molar-refractivity contribution in [3.05, 3.63) is 12.2 Å². The summed E-state index contributed by atoms with van der Waals surface area (Å²) in [5, 5.41) is 84.5. The molecule has 0 aromatic heterocycles. The van der Waals surface area contributed by atoms with Crippen LogP contribution in [-0.2, 0) is 23.7 Å². The Morgan fingerprint density at radius 2 is 1.49 bits per heavy atom. The Morgan fingerprint density at radius 1 is 0.854 bits per heavy atom. The van der Waals surface area contributed by atoms with Crippen molar-refractivity contribution in [2.45, 2.75) is 132 Å². The second-order valence-electron chi connectivity index (χ2n) is 10.5. The largest absolute Gasteiger partial charge is 0.394 e. The minimum atomic E-state index is -1.78. The average Bonchev–Trinajstić information content (AvgIpc) is 2.96. The highest BCUT2D eigenvalue weighted by Gasteiger charge is 2.50. The molecule has 2 aliphatic heterocycles. The van der Waals surface area contributed by atoms with Crippen molar-refractivity contribution in [2.75, 3.05) is 19.8 Å². The number of aliphatic hydroxyl groups excluding tert-OH is 8. The first-order valence-electron chi connectivity index (χ1n) is 14.4. The van der Waals surface area contributed by atoms with Gasteiger partial charge in [0.15, 0.2) is 12.6 Å². The molecule has 1 amide bonds. The van der Waals surface area contributed by atoms with Gasteiger partial charge in [-0.2, -0.15) is 0 Å². The van der Waals surface area contributed by atoms with Crippen molar-refractivity contribution in [3.8, 4) is 0 Å². The van der Waals surface area contributed by atoms with Crippen LogP contribution in [0.3, 0.4) is 0 Å². The Bertz CT molecular complexity index is 769. The molecule has 2 aliphatic rings. The summed E-state index contributed by atoms with van der Waals surface area (Å²) in [5.74, 6) is -0.287. The molecule has 240 valence electrons. The van der Waals surface area contributed by atoms with Crippen molar-refractivity contribution in [1.29, 1.82) is 0 Å². The highest BCUT2D eigenvalue weighted by atomic mass is 16.7. The lowest BCUT2D eigenvalue weighted by atomic mass is 9.97. The van der Waals surface area contributed by atoms with Crippen LogP contribution in [0, 0.1) is 0 Å². The highest BCUT2D eigenvalue weighted by molar-refractivity contribution is 5.76. The number of nitrogens with one attached hydrogen (secondary N) is 1. The van der Waals surface area contributed by atoms with E-state index in [0.29, 0.717) is 6.42 Å². The third-order valence-electron chi connectivity index (χ3n) is 7.22. The number of carbonyl (C=O) groups excluding carboxylic acids is 1. The van der Waals surface area contributed by atoms with Crippen LogP contribution in [0.1, 0.15) is 58.8 Å². The second-order valence-corrected chi connectivity index (χ2v) is 10.5. The van der Waals surface area contributed by atoms with Gasteiger partial charge >= 0.3 is 0 Å². The topological polar surface area (TPSA) is 228 Å². The Morgan fingerprint density at radius 3 is 2.12 bits per heavy atom. The fourth-order valence-electron chi connectivity index (χ4n) is 4.62. The van der Waals surface area contributed by atoms with Crippen molar-refractivity contribution in [2.24, 2.45) is 0 Å². The maximum absolute atomic E-state index is 12.4. The van der Waals surface area contributed by atoms with Gasteiger partial charge in [0.05, 0.1) is 32.0 Å². The molecule has 12 unspecified atom stereocenters. The quantitative estimate of drug-likeness (QED) is 0.0643. The van der Waals surface area contributed by atoms with Crippen LogP contribution in [0.4, 0.5) is 0 Å². The van der Waals surface area contributed by atoms with Crippen LogP contribution < -0.4 is 5.32 Å². The third-order valence-corrected chi connectivity index (χ3v) is 7.22. The van der Waals surface area contributed by atoms with Gasteiger partial charge in [-0.05, 0) is 19.3 Å². The van der Waals surface area contributed by atoms with E-state index in [0.717, 1.165) is 32.1 Å². The molecule has 14 heteroatoms. The van der Waals surface area contributed by atoms with E-state index in [1.807, 2.05) is 13.0 Å². The maximum atomic E-state index is 12.4. The number of unbranched alkanes of at least 4 members (excludes halogenated alkanes) is 4. The van der Waals surface area contributed by atoms with Gasteiger partial charge in [0, 0.05) is 6.42 Å². The molecule has 2 rings (SSSR count). The number of amides is 1. The average molecular weight is 596 g/mol. The number of allylic oxidation sites excluding steroid dienone is 1. The summed E-state index contributed by atoms with van der Waals surface area (Å²) in [6.45, 7) is 2.31. The van der Waals surface area contributed by atoms with E-state index in [-0.39, 0.29) is 18.9 Å². The van der Waals surface area contributed by atoms with E-state index < -0.39 is 86.8 Å². The molecule has 2 saturated heterocycles. The normalized spacial score (nSPS) is 35.9. The van der Waals surface area contributed by atoms with Crippen molar-refractivity contribution >= 4 is 5.91 Å². The Hall–Kier alpha value is -1.27. The first-order valence-corrected chi connectivity index (χ1v) is 14.4. The Balaban J connectivity index is 2.06.